The third-order valence-corrected chi connectivity index (χ3v) is 3.06. The van der Waals surface area contributed by atoms with Crippen LogP contribution in [0.2, 0.25) is 0 Å². The van der Waals surface area contributed by atoms with Gasteiger partial charge in [-0.1, -0.05) is 42.5 Å². The summed E-state index contributed by atoms with van der Waals surface area (Å²) in [6.07, 6.45) is 4.77. The van der Waals surface area contributed by atoms with Crippen molar-refractivity contribution in [2.45, 2.75) is 19.3 Å². The predicted molar refractivity (Wildman–Crippen MR) is 75.0 cm³/mol. The second kappa shape index (κ2) is 6.83. The number of unbranched alkanes of at least 4 members (excludes halogenated alkanes) is 1. The topological polar surface area (TPSA) is 0 Å². The van der Waals surface area contributed by atoms with Gasteiger partial charge >= 0.3 is 0 Å². The fourth-order valence-corrected chi connectivity index (χ4v) is 1.99. The van der Waals surface area contributed by atoms with E-state index in [1.165, 1.54) is 23.8 Å². The van der Waals surface area contributed by atoms with Crippen molar-refractivity contribution in [2.24, 2.45) is 0 Å². The molecule has 0 N–H and O–H groups in total. The number of allylic oxidation sites excluding steroid dienone is 1. The first-order valence-corrected chi connectivity index (χ1v) is 6.40. The van der Waals surface area contributed by atoms with Gasteiger partial charge in [-0.2, -0.15) is 0 Å². The normalized spacial score (nSPS) is 11.1. The summed E-state index contributed by atoms with van der Waals surface area (Å²) in [7, 11) is 0. The molecule has 19 heavy (non-hydrogen) atoms. The molecule has 0 aliphatic heterocycles. The van der Waals surface area contributed by atoms with Gasteiger partial charge in [-0.05, 0) is 48.1 Å². The molecule has 0 bridgehead atoms. The van der Waals surface area contributed by atoms with Crippen LogP contribution in [0, 0.1) is 5.82 Å². The average Bonchev–Trinajstić information content (AvgIpc) is 2.45. The zero-order chi connectivity index (χ0) is 13.5. The van der Waals surface area contributed by atoms with Crippen molar-refractivity contribution in [2.75, 3.05) is 0 Å². The van der Waals surface area contributed by atoms with Gasteiger partial charge in [-0.25, -0.2) is 8.78 Å². The van der Waals surface area contributed by atoms with Crippen molar-refractivity contribution < 1.29 is 8.78 Å². The summed E-state index contributed by atoms with van der Waals surface area (Å²) in [5.74, 6) is -0.221. The van der Waals surface area contributed by atoms with E-state index in [4.69, 9.17) is 0 Å². The van der Waals surface area contributed by atoms with Gasteiger partial charge in [0.15, 0.2) is 0 Å². The third kappa shape index (κ3) is 4.02. The number of halogens is 2. The third-order valence-electron chi connectivity index (χ3n) is 3.06. The van der Waals surface area contributed by atoms with Crippen molar-refractivity contribution in [3.63, 3.8) is 0 Å². The maximum Gasteiger partial charge on any atom is 0.123 e. The van der Waals surface area contributed by atoms with Gasteiger partial charge in [0.2, 0.25) is 0 Å². The van der Waals surface area contributed by atoms with Gasteiger partial charge in [0.05, 0.1) is 6.33 Å². The minimum absolute atomic E-state index is 0.221. The van der Waals surface area contributed by atoms with Crippen molar-refractivity contribution in [3.05, 3.63) is 72.3 Å². The minimum atomic E-state index is -0.221. The lowest BCUT2D eigenvalue weighted by molar-refractivity contribution is 0.628. The molecule has 0 amide bonds. The Balaban J connectivity index is 2.00. The molecule has 0 saturated carbocycles. The molecule has 2 rings (SSSR count). The van der Waals surface area contributed by atoms with E-state index in [1.807, 2.05) is 12.1 Å². The molecule has 2 aromatic carbocycles. The number of hydrogen-bond donors (Lipinski definition) is 0. The fraction of sp³-hybridized carbons (Fsp3) is 0.176. The first kappa shape index (κ1) is 13.5. The van der Waals surface area contributed by atoms with Crippen LogP contribution in [0.1, 0.15) is 18.4 Å². The summed E-state index contributed by atoms with van der Waals surface area (Å²) in [5.41, 5.74) is 3.32. The Morgan fingerprint density at radius 1 is 0.842 bits per heavy atom. The second-order valence-electron chi connectivity index (χ2n) is 4.46. The predicted octanol–water partition coefficient (Wildman–Crippen LogP) is 5.30. The molecule has 0 aromatic heterocycles. The van der Waals surface area contributed by atoms with Crippen molar-refractivity contribution in [1.29, 1.82) is 0 Å². The van der Waals surface area contributed by atoms with E-state index in [0.29, 0.717) is 6.33 Å². The van der Waals surface area contributed by atoms with Crippen LogP contribution in [0.15, 0.2) is 60.9 Å². The molecule has 2 heteroatoms. The van der Waals surface area contributed by atoms with Crippen LogP contribution in [0.3, 0.4) is 0 Å². The van der Waals surface area contributed by atoms with Crippen LogP contribution in [0.4, 0.5) is 8.78 Å². The van der Waals surface area contributed by atoms with Crippen LogP contribution < -0.4 is 0 Å². The SMILES string of the molecule is FC=CCCCc1ccc(-c2ccc(F)cc2)cc1. The van der Waals surface area contributed by atoms with Gasteiger partial charge < -0.3 is 0 Å². The minimum Gasteiger partial charge on any atom is -0.216 e. The Labute approximate surface area is 112 Å². The molecular formula is C17H16F2. The van der Waals surface area contributed by atoms with Crippen LogP contribution in [0.5, 0.6) is 0 Å². The van der Waals surface area contributed by atoms with Gasteiger partial charge in [-0.15, -0.1) is 0 Å². The van der Waals surface area contributed by atoms with E-state index >= 15 is 0 Å². The molecule has 0 aliphatic rings. The monoisotopic (exact) mass is 258 g/mol. The zero-order valence-electron chi connectivity index (χ0n) is 10.7. The lowest BCUT2D eigenvalue weighted by atomic mass is 10.0. The molecule has 0 spiro atoms. The molecule has 0 unspecified atom stereocenters. The summed E-state index contributed by atoms with van der Waals surface area (Å²) in [4.78, 5) is 0. The highest BCUT2D eigenvalue weighted by atomic mass is 19.1. The summed E-state index contributed by atoms with van der Waals surface area (Å²) in [6, 6.07) is 14.7. The highest BCUT2D eigenvalue weighted by molar-refractivity contribution is 5.63. The summed E-state index contributed by atoms with van der Waals surface area (Å²) >= 11 is 0. The maximum atomic E-state index is 12.8. The van der Waals surface area contributed by atoms with Gasteiger partial charge in [0.25, 0.3) is 0 Å². The Morgan fingerprint density at radius 3 is 2.00 bits per heavy atom. The highest BCUT2D eigenvalue weighted by Gasteiger charge is 1.98. The lowest BCUT2D eigenvalue weighted by Crippen LogP contribution is -1.85. The Morgan fingerprint density at radius 2 is 1.42 bits per heavy atom. The van der Waals surface area contributed by atoms with E-state index < -0.39 is 0 Å². The first-order valence-electron chi connectivity index (χ1n) is 6.40. The van der Waals surface area contributed by atoms with Gasteiger partial charge in [0, 0.05) is 0 Å². The van der Waals surface area contributed by atoms with Crippen LogP contribution >= 0.6 is 0 Å². The van der Waals surface area contributed by atoms with Crippen LogP contribution in [-0.4, -0.2) is 0 Å². The Bertz CT molecular complexity index is 524. The Kier molecular flexibility index (Phi) is 4.85. The van der Waals surface area contributed by atoms with E-state index in [2.05, 4.69) is 12.1 Å². The van der Waals surface area contributed by atoms with E-state index in [0.717, 1.165) is 30.4 Å². The molecular weight excluding hydrogens is 242 g/mol. The number of aryl methyl sites for hydroxylation is 1. The maximum absolute atomic E-state index is 12.8. The summed E-state index contributed by atoms with van der Waals surface area (Å²) < 4.78 is 24.6. The fourth-order valence-electron chi connectivity index (χ4n) is 1.99. The van der Waals surface area contributed by atoms with Crippen LogP contribution in [-0.2, 0) is 6.42 Å². The second-order valence-corrected chi connectivity index (χ2v) is 4.46. The van der Waals surface area contributed by atoms with Crippen molar-refractivity contribution in [1.82, 2.24) is 0 Å². The number of benzene rings is 2. The van der Waals surface area contributed by atoms with Crippen molar-refractivity contribution in [3.8, 4) is 11.1 Å². The summed E-state index contributed by atoms with van der Waals surface area (Å²) in [6.45, 7) is 0. The molecule has 0 nitrogen and oxygen atoms in total. The molecule has 0 fully saturated rings. The smallest absolute Gasteiger partial charge is 0.123 e. The molecule has 98 valence electrons. The molecule has 2 aromatic rings. The number of hydrogen-bond acceptors (Lipinski definition) is 0. The molecule has 0 heterocycles. The van der Waals surface area contributed by atoms with E-state index in [1.54, 1.807) is 12.1 Å². The first-order chi connectivity index (χ1) is 9.29. The largest absolute Gasteiger partial charge is 0.216 e. The molecule has 0 aliphatic carbocycles. The quantitative estimate of drug-likeness (QED) is 0.638. The number of rotatable bonds is 5. The lowest BCUT2D eigenvalue weighted by Gasteiger charge is -2.04. The van der Waals surface area contributed by atoms with E-state index in [-0.39, 0.29) is 5.82 Å². The average molecular weight is 258 g/mol. The standard InChI is InChI=1S/C17H16F2/c18-13-3-1-2-4-14-5-7-15(8-6-14)16-9-11-17(19)12-10-16/h3,5-13H,1-2,4H2. The highest BCUT2D eigenvalue weighted by Crippen LogP contribution is 2.20. The molecule has 0 saturated heterocycles. The summed E-state index contributed by atoms with van der Waals surface area (Å²) in [5, 5.41) is 0. The molecule has 0 radical (unpaired) electrons. The van der Waals surface area contributed by atoms with Crippen molar-refractivity contribution >= 4 is 0 Å². The van der Waals surface area contributed by atoms with Gasteiger partial charge in [-0.3, -0.25) is 0 Å². The van der Waals surface area contributed by atoms with E-state index in [9.17, 15) is 8.78 Å². The van der Waals surface area contributed by atoms with Crippen LogP contribution in [0.25, 0.3) is 11.1 Å². The molecule has 0 atom stereocenters. The zero-order valence-corrected chi connectivity index (χ0v) is 10.7. The van der Waals surface area contributed by atoms with Gasteiger partial charge in [0.1, 0.15) is 5.82 Å². The Hall–Kier alpha value is -1.96.